The summed E-state index contributed by atoms with van der Waals surface area (Å²) < 4.78 is 10.7. The number of ether oxygens (including phenoxy) is 2. The zero-order valence-corrected chi connectivity index (χ0v) is 16.5. The van der Waals surface area contributed by atoms with Gasteiger partial charge in [-0.2, -0.15) is 0 Å². The minimum Gasteiger partial charge on any atom is -0.497 e. The molecule has 3 rings (SSSR count). The Hall–Kier alpha value is -3.48. The summed E-state index contributed by atoms with van der Waals surface area (Å²) in [5.41, 5.74) is 1.97. The van der Waals surface area contributed by atoms with E-state index in [2.05, 4.69) is 15.6 Å². The molecule has 2 amide bonds. The summed E-state index contributed by atoms with van der Waals surface area (Å²) in [5, 5.41) is 6.60. The molecule has 2 aromatic carbocycles. The first kappa shape index (κ1) is 20.3. The van der Waals surface area contributed by atoms with Crippen LogP contribution < -0.4 is 20.1 Å². The molecule has 7 heteroatoms. The number of para-hydroxylation sites is 1. The number of carbonyl (C=O) groups is 2. The van der Waals surface area contributed by atoms with E-state index in [-0.39, 0.29) is 11.8 Å². The van der Waals surface area contributed by atoms with Crippen LogP contribution in [0.2, 0.25) is 0 Å². The van der Waals surface area contributed by atoms with E-state index in [1.807, 2.05) is 42.6 Å². The van der Waals surface area contributed by atoms with Crippen LogP contribution in [0.4, 0.5) is 0 Å². The Morgan fingerprint density at radius 2 is 1.79 bits per heavy atom. The fourth-order valence-electron chi connectivity index (χ4n) is 3.11. The standard InChI is InChI=1S/C22H25N3O4/c1-15(26)25-21(13-16-14-24-20-6-4-3-5-19(16)20)22(27)23-11-12-29-18-9-7-17(28-2)8-10-18/h3-10,14,21,24H,11-13H2,1-2H3,(H,23,27)(H,25,26)/t21-/m1/s1. The highest BCUT2D eigenvalue weighted by molar-refractivity contribution is 5.89. The van der Waals surface area contributed by atoms with Gasteiger partial charge in [0.15, 0.2) is 0 Å². The summed E-state index contributed by atoms with van der Waals surface area (Å²) in [6.45, 7) is 2.05. The van der Waals surface area contributed by atoms with Gasteiger partial charge in [0.1, 0.15) is 24.1 Å². The lowest BCUT2D eigenvalue weighted by molar-refractivity contribution is -0.128. The van der Waals surface area contributed by atoms with Crippen LogP contribution in [0.15, 0.2) is 54.7 Å². The van der Waals surface area contributed by atoms with Crippen LogP contribution in [0.5, 0.6) is 11.5 Å². The van der Waals surface area contributed by atoms with Gasteiger partial charge in [0.25, 0.3) is 0 Å². The first-order chi connectivity index (χ1) is 14.1. The van der Waals surface area contributed by atoms with Crippen molar-refractivity contribution in [3.8, 4) is 11.5 Å². The van der Waals surface area contributed by atoms with E-state index in [0.717, 1.165) is 22.2 Å². The van der Waals surface area contributed by atoms with Crippen molar-refractivity contribution in [3.05, 3.63) is 60.3 Å². The Balaban J connectivity index is 1.55. The number of H-pyrrole nitrogens is 1. The Morgan fingerprint density at radius 3 is 2.52 bits per heavy atom. The molecule has 3 N–H and O–H groups in total. The van der Waals surface area contributed by atoms with Gasteiger partial charge in [0.05, 0.1) is 13.7 Å². The number of hydrogen-bond acceptors (Lipinski definition) is 4. The second kappa shape index (κ2) is 9.64. The number of aromatic nitrogens is 1. The van der Waals surface area contributed by atoms with E-state index < -0.39 is 6.04 Å². The van der Waals surface area contributed by atoms with Gasteiger partial charge in [-0.1, -0.05) is 18.2 Å². The molecule has 3 aromatic rings. The number of hydrogen-bond donors (Lipinski definition) is 3. The predicted octanol–water partition coefficient (Wildman–Crippen LogP) is 2.42. The number of benzene rings is 2. The van der Waals surface area contributed by atoms with E-state index in [0.29, 0.717) is 25.3 Å². The van der Waals surface area contributed by atoms with Crippen molar-refractivity contribution >= 4 is 22.7 Å². The van der Waals surface area contributed by atoms with Gasteiger partial charge in [-0.25, -0.2) is 0 Å². The van der Waals surface area contributed by atoms with E-state index >= 15 is 0 Å². The number of carbonyl (C=O) groups excluding carboxylic acids is 2. The number of aromatic amines is 1. The predicted molar refractivity (Wildman–Crippen MR) is 111 cm³/mol. The summed E-state index contributed by atoms with van der Waals surface area (Å²) >= 11 is 0. The number of fused-ring (bicyclic) bond motifs is 1. The molecule has 0 aliphatic rings. The average molecular weight is 395 g/mol. The molecule has 1 atom stereocenters. The maximum Gasteiger partial charge on any atom is 0.243 e. The molecule has 0 unspecified atom stereocenters. The van der Waals surface area contributed by atoms with Gasteiger partial charge in [-0.05, 0) is 35.9 Å². The topological polar surface area (TPSA) is 92.4 Å². The molecular formula is C22H25N3O4. The highest BCUT2D eigenvalue weighted by atomic mass is 16.5. The Bertz CT molecular complexity index is 966. The van der Waals surface area contributed by atoms with Crippen LogP contribution in [0.25, 0.3) is 10.9 Å². The molecule has 0 spiro atoms. The Labute approximate surface area is 169 Å². The van der Waals surface area contributed by atoms with Crippen LogP contribution in [-0.2, 0) is 16.0 Å². The van der Waals surface area contributed by atoms with Crippen molar-refractivity contribution in [2.45, 2.75) is 19.4 Å². The van der Waals surface area contributed by atoms with Gasteiger partial charge in [-0.3, -0.25) is 9.59 Å². The number of methoxy groups -OCH3 is 1. The van der Waals surface area contributed by atoms with Crippen LogP contribution in [0, 0.1) is 0 Å². The molecule has 1 aromatic heterocycles. The Morgan fingerprint density at radius 1 is 1.07 bits per heavy atom. The molecule has 7 nitrogen and oxygen atoms in total. The SMILES string of the molecule is COc1ccc(OCCNC(=O)[C@@H](Cc2c[nH]c3ccccc23)NC(C)=O)cc1. The average Bonchev–Trinajstić information content (AvgIpc) is 3.13. The molecule has 0 fully saturated rings. The van der Waals surface area contributed by atoms with E-state index in [9.17, 15) is 9.59 Å². The molecular weight excluding hydrogens is 370 g/mol. The van der Waals surface area contributed by atoms with Crippen molar-refractivity contribution < 1.29 is 19.1 Å². The summed E-state index contributed by atoms with van der Waals surface area (Å²) in [5.74, 6) is 0.946. The minimum atomic E-state index is -0.660. The Kier molecular flexibility index (Phi) is 6.73. The van der Waals surface area contributed by atoms with E-state index in [1.165, 1.54) is 6.92 Å². The van der Waals surface area contributed by atoms with Crippen LogP contribution >= 0.6 is 0 Å². The molecule has 0 aliphatic heterocycles. The molecule has 0 saturated heterocycles. The first-order valence-electron chi connectivity index (χ1n) is 9.43. The number of amides is 2. The zero-order valence-electron chi connectivity index (χ0n) is 16.5. The van der Waals surface area contributed by atoms with Crippen molar-refractivity contribution in [3.63, 3.8) is 0 Å². The lowest BCUT2D eigenvalue weighted by Gasteiger charge is -2.17. The summed E-state index contributed by atoms with van der Waals surface area (Å²) in [6.07, 6.45) is 2.27. The van der Waals surface area contributed by atoms with Crippen molar-refractivity contribution in [2.24, 2.45) is 0 Å². The van der Waals surface area contributed by atoms with Gasteiger partial charge < -0.3 is 25.1 Å². The summed E-state index contributed by atoms with van der Waals surface area (Å²) in [4.78, 5) is 27.4. The van der Waals surface area contributed by atoms with Crippen LogP contribution in [0.3, 0.4) is 0 Å². The largest absolute Gasteiger partial charge is 0.497 e. The quantitative estimate of drug-likeness (QED) is 0.485. The lowest BCUT2D eigenvalue weighted by Crippen LogP contribution is -2.48. The minimum absolute atomic E-state index is 0.246. The zero-order chi connectivity index (χ0) is 20.6. The van der Waals surface area contributed by atoms with Gasteiger partial charge in [-0.15, -0.1) is 0 Å². The highest BCUT2D eigenvalue weighted by Crippen LogP contribution is 2.19. The van der Waals surface area contributed by atoms with Crippen LogP contribution in [0.1, 0.15) is 12.5 Å². The maximum atomic E-state index is 12.6. The molecule has 1 heterocycles. The molecule has 152 valence electrons. The third-order valence-electron chi connectivity index (χ3n) is 4.52. The number of nitrogens with one attached hydrogen (secondary N) is 3. The van der Waals surface area contributed by atoms with Crippen molar-refractivity contribution in [2.75, 3.05) is 20.3 Å². The maximum absolute atomic E-state index is 12.6. The van der Waals surface area contributed by atoms with Gasteiger partial charge >= 0.3 is 0 Å². The second-order valence-electron chi connectivity index (χ2n) is 6.63. The third-order valence-corrected chi connectivity index (χ3v) is 4.52. The van der Waals surface area contributed by atoms with Gasteiger partial charge in [0.2, 0.25) is 11.8 Å². The second-order valence-corrected chi connectivity index (χ2v) is 6.63. The third kappa shape index (κ3) is 5.51. The fourth-order valence-corrected chi connectivity index (χ4v) is 3.11. The molecule has 0 bridgehead atoms. The monoisotopic (exact) mass is 395 g/mol. The van der Waals surface area contributed by atoms with Crippen LogP contribution in [-0.4, -0.2) is 43.1 Å². The van der Waals surface area contributed by atoms with E-state index in [4.69, 9.17) is 9.47 Å². The molecule has 29 heavy (non-hydrogen) atoms. The smallest absolute Gasteiger partial charge is 0.243 e. The van der Waals surface area contributed by atoms with Crippen molar-refractivity contribution in [1.82, 2.24) is 15.6 Å². The molecule has 0 aliphatic carbocycles. The first-order valence-corrected chi connectivity index (χ1v) is 9.43. The molecule has 0 radical (unpaired) electrons. The normalized spacial score (nSPS) is 11.7. The van der Waals surface area contributed by atoms with Gasteiger partial charge in [0, 0.05) is 30.4 Å². The van der Waals surface area contributed by atoms with Crippen molar-refractivity contribution in [1.29, 1.82) is 0 Å². The summed E-state index contributed by atoms with van der Waals surface area (Å²) in [7, 11) is 1.60. The fraction of sp³-hybridized carbons (Fsp3) is 0.273. The lowest BCUT2D eigenvalue weighted by atomic mass is 10.0. The molecule has 0 saturated carbocycles. The van der Waals surface area contributed by atoms with E-state index in [1.54, 1.807) is 19.2 Å². The number of rotatable bonds is 9. The summed E-state index contributed by atoms with van der Waals surface area (Å²) in [6, 6.07) is 14.4. The highest BCUT2D eigenvalue weighted by Gasteiger charge is 2.21.